The first-order valence-electron chi connectivity index (χ1n) is 11.8. The third kappa shape index (κ3) is 6.36. The zero-order valence-corrected chi connectivity index (χ0v) is 23.0. The van der Waals surface area contributed by atoms with Gasteiger partial charge in [0, 0.05) is 0 Å². The molecule has 0 spiro atoms. The molecule has 0 aromatic heterocycles. The molecular weight excluding hydrogens is 600 g/mol. The van der Waals surface area contributed by atoms with Crippen molar-refractivity contribution in [2.75, 3.05) is 0 Å². The van der Waals surface area contributed by atoms with E-state index in [2.05, 4.69) is 31.9 Å². The number of rotatable bonds is 7. The number of hydrogen-bond donors (Lipinski definition) is 2. The van der Waals surface area contributed by atoms with Crippen LogP contribution in [0.2, 0.25) is 0 Å². The lowest BCUT2D eigenvalue weighted by Gasteiger charge is -2.46. The van der Waals surface area contributed by atoms with Crippen LogP contribution in [0, 0.1) is 0 Å². The fourth-order valence-electron chi connectivity index (χ4n) is 4.19. The zero-order valence-electron chi connectivity index (χ0n) is 19.9. The lowest BCUT2D eigenvalue weighted by atomic mass is 10.00. The SMILES string of the molecule is C[C@H]1O[C@@H](O[C@@H]2[C@@H](Br)[C@H](OCc3ccccc3)O[C@H](C)[C@H]2OC(=O)c2ccccc2)[C@H](Br)[C@@H](O)[C@@H]1O. The van der Waals surface area contributed by atoms with Gasteiger partial charge in [-0.3, -0.25) is 0 Å². The second kappa shape index (κ2) is 12.4. The number of ether oxygens (including phenoxy) is 5. The van der Waals surface area contributed by atoms with Crippen LogP contribution in [0.15, 0.2) is 60.7 Å². The minimum atomic E-state index is -1.11. The molecule has 0 aliphatic carbocycles. The van der Waals surface area contributed by atoms with E-state index in [4.69, 9.17) is 23.7 Å². The summed E-state index contributed by atoms with van der Waals surface area (Å²) in [5.41, 5.74) is 1.38. The number of aliphatic hydroxyl groups excluding tert-OH is 2. The van der Waals surface area contributed by atoms with E-state index >= 15 is 0 Å². The van der Waals surface area contributed by atoms with Crippen molar-refractivity contribution in [3.05, 3.63) is 71.8 Å². The highest BCUT2D eigenvalue weighted by Crippen LogP contribution is 2.36. The molecule has 2 aliphatic rings. The predicted octanol–water partition coefficient (Wildman–Crippen LogP) is 3.55. The molecule has 2 aromatic carbocycles. The Morgan fingerprint density at radius 1 is 0.833 bits per heavy atom. The van der Waals surface area contributed by atoms with Crippen LogP contribution in [-0.4, -0.2) is 75.0 Å². The number of esters is 1. The fourth-order valence-corrected chi connectivity index (χ4v) is 5.45. The van der Waals surface area contributed by atoms with Crippen LogP contribution in [0.25, 0.3) is 0 Å². The standard InChI is InChI=1S/C26H30Br2O8/c1-14-20(29)21(30)18(27)26(33-14)36-23-19(28)25(32-13-16-9-5-3-6-10-16)34-15(2)22(23)35-24(31)17-11-7-4-8-12-17/h3-12,14-15,18-23,25-26,29-30H,13H2,1-2H3/t14-,15-,18-,19-,20-,21-,22-,23-,25-,26+/m1/s1. The third-order valence-corrected chi connectivity index (χ3v) is 8.20. The van der Waals surface area contributed by atoms with Crippen molar-refractivity contribution >= 4 is 37.8 Å². The Morgan fingerprint density at radius 2 is 1.44 bits per heavy atom. The second-order valence-corrected chi connectivity index (χ2v) is 11.0. The molecule has 10 atom stereocenters. The van der Waals surface area contributed by atoms with Crippen molar-refractivity contribution in [3.8, 4) is 0 Å². The van der Waals surface area contributed by atoms with E-state index in [1.807, 2.05) is 36.4 Å². The molecule has 0 bridgehead atoms. The maximum atomic E-state index is 12.9. The van der Waals surface area contributed by atoms with Crippen molar-refractivity contribution < 1.29 is 38.7 Å². The Hall–Kier alpha value is -1.37. The maximum Gasteiger partial charge on any atom is 0.338 e. The number of carbonyl (C=O) groups is 1. The zero-order chi connectivity index (χ0) is 25.8. The van der Waals surface area contributed by atoms with Crippen molar-refractivity contribution in [1.82, 2.24) is 0 Å². The first-order valence-corrected chi connectivity index (χ1v) is 13.6. The second-order valence-electron chi connectivity index (χ2n) is 8.92. The highest BCUT2D eigenvalue weighted by Gasteiger charge is 2.51. The van der Waals surface area contributed by atoms with Crippen LogP contribution >= 0.6 is 31.9 Å². The number of halogens is 2. The summed E-state index contributed by atoms with van der Waals surface area (Å²) in [7, 11) is 0. The summed E-state index contributed by atoms with van der Waals surface area (Å²) in [5.74, 6) is -0.517. The summed E-state index contributed by atoms with van der Waals surface area (Å²) in [6.45, 7) is 3.75. The molecule has 36 heavy (non-hydrogen) atoms. The summed E-state index contributed by atoms with van der Waals surface area (Å²) in [5, 5.41) is 20.6. The fraction of sp³-hybridized carbons (Fsp3) is 0.500. The number of benzene rings is 2. The molecule has 2 heterocycles. The van der Waals surface area contributed by atoms with Gasteiger partial charge in [-0.15, -0.1) is 0 Å². The Balaban J connectivity index is 1.54. The van der Waals surface area contributed by atoms with Gasteiger partial charge in [-0.25, -0.2) is 4.79 Å². The topological polar surface area (TPSA) is 104 Å². The maximum absolute atomic E-state index is 12.9. The Bertz CT molecular complexity index is 980. The van der Waals surface area contributed by atoms with E-state index in [9.17, 15) is 15.0 Å². The predicted molar refractivity (Wildman–Crippen MR) is 138 cm³/mol. The highest BCUT2D eigenvalue weighted by molar-refractivity contribution is 9.09. The van der Waals surface area contributed by atoms with Gasteiger partial charge in [-0.2, -0.15) is 0 Å². The third-order valence-electron chi connectivity index (χ3n) is 6.28. The Morgan fingerprint density at radius 3 is 2.11 bits per heavy atom. The van der Waals surface area contributed by atoms with E-state index in [0.29, 0.717) is 12.2 Å². The lowest BCUT2D eigenvalue weighted by Crippen LogP contribution is -2.61. The van der Waals surface area contributed by atoms with Gasteiger partial charge in [0.05, 0.1) is 40.1 Å². The summed E-state index contributed by atoms with van der Waals surface area (Å²) in [6.07, 6.45) is -6.66. The molecule has 2 fully saturated rings. The minimum absolute atomic E-state index is 0.310. The van der Waals surface area contributed by atoms with E-state index in [1.54, 1.807) is 38.1 Å². The average Bonchev–Trinajstić information content (AvgIpc) is 2.89. The Kier molecular flexibility index (Phi) is 9.56. The van der Waals surface area contributed by atoms with Crippen molar-refractivity contribution in [2.45, 2.75) is 79.3 Å². The van der Waals surface area contributed by atoms with E-state index in [1.165, 1.54) is 0 Å². The molecule has 0 saturated carbocycles. The van der Waals surface area contributed by atoms with Crippen LogP contribution in [0.1, 0.15) is 29.8 Å². The Labute approximate surface area is 227 Å². The van der Waals surface area contributed by atoms with Crippen molar-refractivity contribution in [2.24, 2.45) is 0 Å². The highest BCUT2D eigenvalue weighted by atomic mass is 79.9. The quantitative estimate of drug-likeness (QED) is 0.354. The van der Waals surface area contributed by atoms with Crippen LogP contribution in [0.5, 0.6) is 0 Å². The smallest absolute Gasteiger partial charge is 0.338 e. The van der Waals surface area contributed by atoms with Gasteiger partial charge in [0.25, 0.3) is 0 Å². The number of hydrogen-bond acceptors (Lipinski definition) is 8. The van der Waals surface area contributed by atoms with E-state index in [0.717, 1.165) is 5.56 Å². The molecular formula is C26H30Br2O8. The van der Waals surface area contributed by atoms with Gasteiger partial charge in [0.2, 0.25) is 0 Å². The first-order chi connectivity index (χ1) is 17.3. The van der Waals surface area contributed by atoms with Crippen molar-refractivity contribution in [1.29, 1.82) is 0 Å². The number of aliphatic hydroxyl groups is 2. The van der Waals surface area contributed by atoms with Gasteiger partial charge in [0.15, 0.2) is 18.7 Å². The van der Waals surface area contributed by atoms with Crippen LogP contribution in [0.4, 0.5) is 0 Å². The molecule has 8 nitrogen and oxygen atoms in total. The molecule has 4 rings (SSSR count). The molecule has 0 radical (unpaired) electrons. The molecule has 2 saturated heterocycles. The first kappa shape index (κ1) is 27.7. The monoisotopic (exact) mass is 628 g/mol. The van der Waals surface area contributed by atoms with Crippen LogP contribution in [0.3, 0.4) is 0 Å². The summed E-state index contributed by atoms with van der Waals surface area (Å²) >= 11 is 7.04. The molecule has 2 aromatic rings. The lowest BCUT2D eigenvalue weighted by molar-refractivity contribution is -0.300. The molecule has 196 valence electrons. The molecule has 0 amide bonds. The normalized spacial score (nSPS) is 36.8. The summed E-state index contributed by atoms with van der Waals surface area (Å²) in [4.78, 5) is 11.7. The molecule has 10 heteroatoms. The van der Waals surface area contributed by atoms with Gasteiger partial charge in [-0.05, 0) is 31.5 Å². The largest absolute Gasteiger partial charge is 0.453 e. The van der Waals surface area contributed by atoms with Crippen LogP contribution in [-0.2, 0) is 30.3 Å². The van der Waals surface area contributed by atoms with E-state index < -0.39 is 64.8 Å². The van der Waals surface area contributed by atoms with Gasteiger partial charge >= 0.3 is 5.97 Å². The molecule has 2 N–H and O–H groups in total. The number of carbonyl (C=O) groups excluding carboxylic acids is 1. The summed E-state index contributed by atoms with van der Waals surface area (Å²) in [6, 6.07) is 18.4. The average molecular weight is 630 g/mol. The van der Waals surface area contributed by atoms with E-state index in [-0.39, 0.29) is 0 Å². The van der Waals surface area contributed by atoms with Gasteiger partial charge in [0.1, 0.15) is 12.2 Å². The van der Waals surface area contributed by atoms with Gasteiger partial charge in [-0.1, -0.05) is 80.4 Å². The molecule has 0 unspecified atom stereocenters. The minimum Gasteiger partial charge on any atom is -0.453 e. The summed E-state index contributed by atoms with van der Waals surface area (Å²) < 4.78 is 30.2. The molecule has 2 aliphatic heterocycles. The number of alkyl halides is 2. The van der Waals surface area contributed by atoms with Crippen LogP contribution < -0.4 is 0 Å². The van der Waals surface area contributed by atoms with Crippen molar-refractivity contribution in [3.63, 3.8) is 0 Å². The van der Waals surface area contributed by atoms with Gasteiger partial charge < -0.3 is 33.9 Å².